The SMILES string of the molecule is CCCC(CN)N1CCN(c2ncc(F)cn2)CC1. The van der Waals surface area contributed by atoms with Crippen LogP contribution in [-0.2, 0) is 0 Å². The Morgan fingerprint density at radius 1 is 1.26 bits per heavy atom. The van der Waals surface area contributed by atoms with Crippen LogP contribution in [0.5, 0.6) is 0 Å². The van der Waals surface area contributed by atoms with Crippen molar-refractivity contribution in [1.82, 2.24) is 14.9 Å². The summed E-state index contributed by atoms with van der Waals surface area (Å²) in [4.78, 5) is 12.6. The smallest absolute Gasteiger partial charge is 0.225 e. The van der Waals surface area contributed by atoms with Gasteiger partial charge < -0.3 is 10.6 Å². The standard InChI is InChI=1S/C13H22FN5/c1-2-3-12(8-15)18-4-6-19(7-5-18)13-16-9-11(14)10-17-13/h9-10,12H,2-8,15H2,1H3. The molecule has 0 amide bonds. The van der Waals surface area contributed by atoms with Crippen LogP contribution in [0.2, 0.25) is 0 Å². The van der Waals surface area contributed by atoms with Gasteiger partial charge in [-0.2, -0.15) is 0 Å². The van der Waals surface area contributed by atoms with Crippen LogP contribution in [0, 0.1) is 5.82 Å². The highest BCUT2D eigenvalue weighted by Crippen LogP contribution is 2.14. The van der Waals surface area contributed by atoms with Crippen molar-refractivity contribution < 1.29 is 4.39 Å². The van der Waals surface area contributed by atoms with Crippen LogP contribution in [0.25, 0.3) is 0 Å². The number of anilines is 1. The maximum absolute atomic E-state index is 12.8. The van der Waals surface area contributed by atoms with Gasteiger partial charge in [-0.3, -0.25) is 4.90 Å². The second kappa shape index (κ2) is 6.77. The fourth-order valence-corrected chi connectivity index (χ4v) is 2.54. The normalized spacial score (nSPS) is 18.6. The monoisotopic (exact) mass is 267 g/mol. The van der Waals surface area contributed by atoms with E-state index in [0.29, 0.717) is 18.5 Å². The van der Waals surface area contributed by atoms with E-state index >= 15 is 0 Å². The number of nitrogens with two attached hydrogens (primary N) is 1. The number of hydrogen-bond donors (Lipinski definition) is 1. The Kier molecular flexibility index (Phi) is 5.04. The van der Waals surface area contributed by atoms with Gasteiger partial charge in [0.05, 0.1) is 12.4 Å². The van der Waals surface area contributed by atoms with Crippen LogP contribution < -0.4 is 10.6 Å². The van der Waals surface area contributed by atoms with Gasteiger partial charge in [-0.25, -0.2) is 14.4 Å². The Balaban J connectivity index is 1.89. The summed E-state index contributed by atoms with van der Waals surface area (Å²) in [5.41, 5.74) is 5.83. The predicted molar refractivity (Wildman–Crippen MR) is 73.5 cm³/mol. The second-order valence-corrected chi connectivity index (χ2v) is 4.90. The van der Waals surface area contributed by atoms with Crippen molar-refractivity contribution in [2.75, 3.05) is 37.6 Å². The molecular formula is C13H22FN5. The molecule has 2 N–H and O–H groups in total. The molecule has 1 saturated heterocycles. The number of halogens is 1. The van der Waals surface area contributed by atoms with Gasteiger partial charge in [0.1, 0.15) is 0 Å². The summed E-state index contributed by atoms with van der Waals surface area (Å²) in [6.07, 6.45) is 4.73. The highest BCUT2D eigenvalue weighted by molar-refractivity contribution is 5.29. The fraction of sp³-hybridized carbons (Fsp3) is 0.692. The summed E-state index contributed by atoms with van der Waals surface area (Å²) >= 11 is 0. The van der Waals surface area contributed by atoms with E-state index in [1.165, 1.54) is 12.4 Å². The number of nitrogens with zero attached hydrogens (tertiary/aromatic N) is 4. The van der Waals surface area contributed by atoms with Crippen molar-refractivity contribution >= 4 is 5.95 Å². The molecule has 0 aliphatic carbocycles. The van der Waals surface area contributed by atoms with Crippen LogP contribution in [0.3, 0.4) is 0 Å². The molecule has 0 aromatic carbocycles. The molecule has 1 aromatic heterocycles. The molecule has 1 aromatic rings. The zero-order valence-electron chi connectivity index (χ0n) is 11.4. The second-order valence-electron chi connectivity index (χ2n) is 4.90. The van der Waals surface area contributed by atoms with Gasteiger partial charge in [-0.05, 0) is 6.42 Å². The number of aromatic nitrogens is 2. The molecular weight excluding hydrogens is 245 g/mol. The summed E-state index contributed by atoms with van der Waals surface area (Å²) in [5, 5.41) is 0. The quantitative estimate of drug-likeness (QED) is 0.857. The molecule has 1 unspecified atom stereocenters. The minimum absolute atomic E-state index is 0.395. The molecule has 6 heteroatoms. The highest BCUT2D eigenvalue weighted by atomic mass is 19.1. The van der Waals surface area contributed by atoms with E-state index in [-0.39, 0.29) is 0 Å². The Bertz CT molecular complexity index is 375. The average Bonchev–Trinajstić information content (AvgIpc) is 2.46. The van der Waals surface area contributed by atoms with E-state index in [2.05, 4.69) is 26.7 Å². The molecule has 0 saturated carbocycles. The Labute approximate surface area is 113 Å². The molecule has 1 fully saturated rings. The maximum atomic E-state index is 12.8. The third-order valence-corrected chi connectivity index (χ3v) is 3.61. The van der Waals surface area contributed by atoms with E-state index < -0.39 is 5.82 Å². The summed E-state index contributed by atoms with van der Waals surface area (Å²) in [5.74, 6) is 0.217. The van der Waals surface area contributed by atoms with Gasteiger partial charge in [0.15, 0.2) is 5.82 Å². The summed E-state index contributed by atoms with van der Waals surface area (Å²) < 4.78 is 12.8. The van der Waals surface area contributed by atoms with E-state index in [9.17, 15) is 4.39 Å². The zero-order valence-corrected chi connectivity index (χ0v) is 11.4. The molecule has 1 aliphatic rings. The van der Waals surface area contributed by atoms with E-state index in [1.807, 2.05) is 0 Å². The van der Waals surface area contributed by atoms with Gasteiger partial charge in [-0.15, -0.1) is 0 Å². The van der Waals surface area contributed by atoms with Crippen LogP contribution in [-0.4, -0.2) is 53.6 Å². The first-order valence-corrected chi connectivity index (χ1v) is 6.91. The van der Waals surface area contributed by atoms with Crippen molar-refractivity contribution in [3.05, 3.63) is 18.2 Å². The minimum Gasteiger partial charge on any atom is -0.338 e. The number of rotatable bonds is 5. The molecule has 0 spiro atoms. The lowest BCUT2D eigenvalue weighted by atomic mass is 10.1. The number of piperazine rings is 1. The van der Waals surface area contributed by atoms with Crippen LogP contribution in [0.1, 0.15) is 19.8 Å². The maximum Gasteiger partial charge on any atom is 0.225 e. The first kappa shape index (κ1) is 14.1. The molecule has 1 aliphatic heterocycles. The summed E-state index contributed by atoms with van der Waals surface area (Å²) in [6.45, 7) is 6.55. The average molecular weight is 267 g/mol. The molecule has 1 atom stereocenters. The molecule has 2 heterocycles. The van der Waals surface area contributed by atoms with Crippen molar-refractivity contribution in [2.45, 2.75) is 25.8 Å². The lowest BCUT2D eigenvalue weighted by Crippen LogP contribution is -2.52. The summed E-state index contributed by atoms with van der Waals surface area (Å²) in [7, 11) is 0. The van der Waals surface area contributed by atoms with Crippen molar-refractivity contribution in [1.29, 1.82) is 0 Å². The zero-order chi connectivity index (χ0) is 13.7. The molecule has 106 valence electrons. The van der Waals surface area contributed by atoms with Crippen molar-refractivity contribution in [3.63, 3.8) is 0 Å². The van der Waals surface area contributed by atoms with Crippen LogP contribution in [0.4, 0.5) is 10.3 Å². The molecule has 19 heavy (non-hydrogen) atoms. The van der Waals surface area contributed by atoms with E-state index in [0.717, 1.165) is 39.0 Å². The topological polar surface area (TPSA) is 58.3 Å². The first-order chi connectivity index (χ1) is 9.24. The Hall–Kier alpha value is -1.27. The molecule has 2 rings (SSSR count). The van der Waals surface area contributed by atoms with Gasteiger partial charge in [0.2, 0.25) is 5.95 Å². The molecule has 0 radical (unpaired) electrons. The van der Waals surface area contributed by atoms with Crippen LogP contribution in [0.15, 0.2) is 12.4 Å². The lowest BCUT2D eigenvalue weighted by molar-refractivity contribution is 0.179. The Morgan fingerprint density at radius 2 is 1.89 bits per heavy atom. The van der Waals surface area contributed by atoms with Gasteiger partial charge >= 0.3 is 0 Å². The first-order valence-electron chi connectivity index (χ1n) is 6.91. The van der Waals surface area contributed by atoms with Crippen molar-refractivity contribution in [2.24, 2.45) is 5.73 Å². The van der Waals surface area contributed by atoms with Gasteiger partial charge in [0, 0.05) is 38.8 Å². The highest BCUT2D eigenvalue weighted by Gasteiger charge is 2.23. The lowest BCUT2D eigenvalue weighted by Gasteiger charge is -2.38. The van der Waals surface area contributed by atoms with E-state index in [4.69, 9.17) is 5.73 Å². The molecule has 0 bridgehead atoms. The third-order valence-electron chi connectivity index (χ3n) is 3.61. The largest absolute Gasteiger partial charge is 0.338 e. The number of hydrogen-bond acceptors (Lipinski definition) is 5. The summed E-state index contributed by atoms with van der Waals surface area (Å²) in [6, 6.07) is 0.473. The van der Waals surface area contributed by atoms with Gasteiger partial charge in [0.25, 0.3) is 0 Å². The predicted octanol–water partition coefficient (Wildman–Crippen LogP) is 0.865. The van der Waals surface area contributed by atoms with Crippen LogP contribution >= 0.6 is 0 Å². The van der Waals surface area contributed by atoms with E-state index in [1.54, 1.807) is 0 Å². The fourth-order valence-electron chi connectivity index (χ4n) is 2.54. The minimum atomic E-state index is -0.395. The Morgan fingerprint density at radius 3 is 2.42 bits per heavy atom. The third kappa shape index (κ3) is 3.61. The molecule has 5 nitrogen and oxygen atoms in total. The van der Waals surface area contributed by atoms with Gasteiger partial charge in [-0.1, -0.05) is 13.3 Å². The van der Waals surface area contributed by atoms with Crippen molar-refractivity contribution in [3.8, 4) is 0 Å².